The molecule has 0 aliphatic rings. The summed E-state index contributed by atoms with van der Waals surface area (Å²) in [7, 11) is 0. The Morgan fingerprint density at radius 2 is 2.33 bits per heavy atom. The first kappa shape index (κ1) is 12.1. The molecule has 0 saturated carbocycles. The first-order valence-electron chi connectivity index (χ1n) is 4.21. The zero-order valence-corrected chi connectivity index (χ0v) is 9.68. The van der Waals surface area contributed by atoms with Gasteiger partial charge in [-0.15, -0.1) is 0 Å². The maximum atomic E-state index is 10.5. The Morgan fingerprint density at radius 1 is 1.60 bits per heavy atom. The molecule has 0 radical (unpaired) electrons. The van der Waals surface area contributed by atoms with Crippen LogP contribution in [-0.4, -0.2) is 23.5 Å². The van der Waals surface area contributed by atoms with E-state index in [0.717, 1.165) is 5.75 Å². The third-order valence-corrected chi connectivity index (χ3v) is 2.55. The van der Waals surface area contributed by atoms with Crippen molar-refractivity contribution in [1.82, 2.24) is 0 Å². The topological polar surface area (TPSA) is 52.4 Å². The van der Waals surface area contributed by atoms with Gasteiger partial charge < -0.3 is 4.74 Å². The lowest BCUT2D eigenvalue weighted by Gasteiger charge is -2.05. The van der Waals surface area contributed by atoms with Gasteiger partial charge in [-0.05, 0) is 12.3 Å². The second-order valence-corrected chi connectivity index (χ2v) is 4.10. The molecule has 1 aromatic carbocycles. The summed E-state index contributed by atoms with van der Waals surface area (Å²) in [6.45, 7) is 0.565. The van der Waals surface area contributed by atoms with Gasteiger partial charge in [0, 0.05) is 17.9 Å². The van der Waals surface area contributed by atoms with Crippen molar-refractivity contribution in [2.45, 2.75) is 0 Å². The van der Waals surface area contributed by atoms with Crippen LogP contribution >= 0.6 is 23.4 Å². The molecule has 82 valence electrons. The van der Waals surface area contributed by atoms with Crippen LogP contribution in [0, 0.1) is 10.1 Å². The van der Waals surface area contributed by atoms with Crippen molar-refractivity contribution in [3.63, 3.8) is 0 Å². The standard InChI is InChI=1S/C9H10ClNO3S/c1-15-5-4-14-7-2-3-9(11(12)13)8(10)6-7/h2-3,6H,4-5H2,1H3. The number of nitrogens with zero attached hydrogens (tertiary/aromatic N) is 1. The van der Waals surface area contributed by atoms with E-state index in [0.29, 0.717) is 12.4 Å². The van der Waals surface area contributed by atoms with Crippen LogP contribution in [0.4, 0.5) is 5.69 Å². The van der Waals surface area contributed by atoms with E-state index in [1.165, 1.54) is 12.1 Å². The summed E-state index contributed by atoms with van der Waals surface area (Å²) < 4.78 is 5.33. The minimum Gasteiger partial charge on any atom is -0.493 e. The molecule has 0 spiro atoms. The lowest BCUT2D eigenvalue weighted by Crippen LogP contribution is -1.99. The molecule has 15 heavy (non-hydrogen) atoms. The first-order chi connectivity index (χ1) is 7.15. The van der Waals surface area contributed by atoms with Gasteiger partial charge in [-0.25, -0.2) is 0 Å². The molecular weight excluding hydrogens is 238 g/mol. The molecule has 0 fully saturated rings. The molecule has 0 amide bonds. The highest BCUT2D eigenvalue weighted by Gasteiger charge is 2.12. The molecule has 0 heterocycles. The highest BCUT2D eigenvalue weighted by atomic mass is 35.5. The van der Waals surface area contributed by atoms with Gasteiger partial charge in [0.2, 0.25) is 0 Å². The van der Waals surface area contributed by atoms with Gasteiger partial charge in [0.1, 0.15) is 10.8 Å². The van der Waals surface area contributed by atoms with E-state index in [2.05, 4.69) is 0 Å². The predicted molar refractivity (Wildman–Crippen MR) is 62.0 cm³/mol. The SMILES string of the molecule is CSCCOc1ccc([N+](=O)[O-])c(Cl)c1. The van der Waals surface area contributed by atoms with Gasteiger partial charge in [0.05, 0.1) is 11.5 Å². The number of benzene rings is 1. The fraction of sp³-hybridized carbons (Fsp3) is 0.333. The number of halogens is 1. The van der Waals surface area contributed by atoms with E-state index in [4.69, 9.17) is 16.3 Å². The van der Waals surface area contributed by atoms with Crippen LogP contribution in [0.5, 0.6) is 5.75 Å². The van der Waals surface area contributed by atoms with Gasteiger partial charge in [-0.2, -0.15) is 11.8 Å². The summed E-state index contributed by atoms with van der Waals surface area (Å²) in [4.78, 5) is 9.95. The van der Waals surface area contributed by atoms with Crippen LogP contribution in [0.2, 0.25) is 5.02 Å². The lowest BCUT2D eigenvalue weighted by atomic mass is 10.3. The van der Waals surface area contributed by atoms with Crippen LogP contribution in [-0.2, 0) is 0 Å². The largest absolute Gasteiger partial charge is 0.493 e. The highest BCUT2D eigenvalue weighted by molar-refractivity contribution is 7.98. The van der Waals surface area contributed by atoms with Crippen molar-refractivity contribution >= 4 is 29.1 Å². The van der Waals surface area contributed by atoms with Crippen molar-refractivity contribution in [1.29, 1.82) is 0 Å². The van der Waals surface area contributed by atoms with Crippen molar-refractivity contribution in [3.05, 3.63) is 33.3 Å². The monoisotopic (exact) mass is 247 g/mol. The van der Waals surface area contributed by atoms with Crippen LogP contribution in [0.1, 0.15) is 0 Å². The minimum absolute atomic E-state index is 0.0988. The van der Waals surface area contributed by atoms with Crippen molar-refractivity contribution in [3.8, 4) is 5.75 Å². The zero-order chi connectivity index (χ0) is 11.3. The average Bonchev–Trinajstić information content (AvgIpc) is 2.17. The van der Waals surface area contributed by atoms with Crippen molar-refractivity contribution < 1.29 is 9.66 Å². The van der Waals surface area contributed by atoms with E-state index in [9.17, 15) is 10.1 Å². The molecule has 0 aliphatic heterocycles. The number of hydrogen-bond acceptors (Lipinski definition) is 4. The summed E-state index contributed by atoms with van der Waals surface area (Å²) in [5, 5.41) is 10.6. The number of nitro benzene ring substituents is 1. The Labute approximate surface area is 96.7 Å². The van der Waals surface area contributed by atoms with Gasteiger partial charge >= 0.3 is 0 Å². The maximum absolute atomic E-state index is 10.5. The lowest BCUT2D eigenvalue weighted by molar-refractivity contribution is -0.384. The third-order valence-electron chi connectivity index (χ3n) is 1.67. The molecule has 1 rings (SSSR count). The molecule has 0 atom stereocenters. The fourth-order valence-corrected chi connectivity index (χ4v) is 1.46. The molecule has 0 saturated heterocycles. The number of nitro groups is 1. The van der Waals surface area contributed by atoms with E-state index in [-0.39, 0.29) is 10.7 Å². The van der Waals surface area contributed by atoms with Gasteiger partial charge in [0.15, 0.2) is 0 Å². The molecule has 0 aliphatic carbocycles. The number of ether oxygens (including phenoxy) is 1. The maximum Gasteiger partial charge on any atom is 0.288 e. The molecular formula is C9H10ClNO3S. The fourth-order valence-electron chi connectivity index (χ4n) is 0.968. The minimum atomic E-state index is -0.520. The number of hydrogen-bond donors (Lipinski definition) is 0. The smallest absolute Gasteiger partial charge is 0.288 e. The number of thioether (sulfide) groups is 1. The molecule has 0 bridgehead atoms. The van der Waals surface area contributed by atoms with E-state index >= 15 is 0 Å². The number of rotatable bonds is 5. The average molecular weight is 248 g/mol. The van der Waals surface area contributed by atoms with Gasteiger partial charge in [-0.3, -0.25) is 10.1 Å². The summed E-state index contributed by atoms with van der Waals surface area (Å²) in [6.07, 6.45) is 1.98. The summed E-state index contributed by atoms with van der Waals surface area (Å²) in [6, 6.07) is 4.35. The third kappa shape index (κ3) is 3.60. The van der Waals surface area contributed by atoms with E-state index < -0.39 is 4.92 Å². The molecule has 0 unspecified atom stereocenters. The van der Waals surface area contributed by atoms with Crippen LogP contribution in [0.3, 0.4) is 0 Å². The van der Waals surface area contributed by atoms with E-state index in [1.54, 1.807) is 17.8 Å². The molecule has 4 nitrogen and oxygen atoms in total. The van der Waals surface area contributed by atoms with Crippen LogP contribution < -0.4 is 4.74 Å². The van der Waals surface area contributed by atoms with Crippen LogP contribution in [0.25, 0.3) is 0 Å². The second-order valence-electron chi connectivity index (χ2n) is 2.71. The summed E-state index contributed by atoms with van der Waals surface area (Å²) in [5.74, 6) is 1.42. The Kier molecular flexibility index (Phi) is 4.71. The quantitative estimate of drug-likeness (QED) is 0.456. The van der Waals surface area contributed by atoms with Gasteiger partial charge in [-0.1, -0.05) is 11.6 Å². The second kappa shape index (κ2) is 5.82. The van der Waals surface area contributed by atoms with Crippen molar-refractivity contribution in [2.75, 3.05) is 18.6 Å². The Bertz CT molecular complexity index is 359. The van der Waals surface area contributed by atoms with Crippen LogP contribution in [0.15, 0.2) is 18.2 Å². The molecule has 6 heteroatoms. The Hall–Kier alpha value is -0.940. The van der Waals surface area contributed by atoms with E-state index in [1.807, 2.05) is 6.26 Å². The van der Waals surface area contributed by atoms with Gasteiger partial charge in [0.25, 0.3) is 5.69 Å². The molecule has 0 N–H and O–H groups in total. The predicted octanol–water partition coefficient (Wildman–Crippen LogP) is 2.99. The molecule has 0 aromatic heterocycles. The zero-order valence-electron chi connectivity index (χ0n) is 8.10. The molecule has 1 aromatic rings. The normalized spacial score (nSPS) is 10.0. The summed E-state index contributed by atoms with van der Waals surface area (Å²) in [5.41, 5.74) is -0.103. The Morgan fingerprint density at radius 3 is 2.87 bits per heavy atom. The highest BCUT2D eigenvalue weighted by Crippen LogP contribution is 2.28. The summed E-state index contributed by atoms with van der Waals surface area (Å²) >= 11 is 7.38. The Balaban J connectivity index is 2.69. The van der Waals surface area contributed by atoms with Crippen molar-refractivity contribution in [2.24, 2.45) is 0 Å². The first-order valence-corrected chi connectivity index (χ1v) is 5.98.